The lowest BCUT2D eigenvalue weighted by molar-refractivity contribution is -0.125. The highest BCUT2D eigenvalue weighted by Gasteiger charge is 2.03. The van der Waals surface area contributed by atoms with E-state index >= 15 is 0 Å². The molecule has 0 aliphatic carbocycles. The summed E-state index contributed by atoms with van der Waals surface area (Å²) in [6.07, 6.45) is 0. The van der Waals surface area contributed by atoms with E-state index in [0.717, 1.165) is 10.0 Å². The van der Waals surface area contributed by atoms with Gasteiger partial charge < -0.3 is 16.4 Å². The molecular weight excluding hydrogens is 321 g/mol. The van der Waals surface area contributed by atoms with E-state index in [9.17, 15) is 9.59 Å². The number of nitrogens with two attached hydrogens (primary N) is 1. The third-order valence-electron chi connectivity index (χ3n) is 2.03. The second-order valence-corrected chi connectivity index (χ2v) is 4.30. The molecule has 5 nitrogen and oxygen atoms in total. The summed E-state index contributed by atoms with van der Waals surface area (Å²) in [6.45, 7) is 0.275. The molecule has 0 spiro atoms. The van der Waals surface area contributed by atoms with Crippen molar-refractivity contribution in [3.05, 3.63) is 34.3 Å². The van der Waals surface area contributed by atoms with Gasteiger partial charge in [-0.2, -0.15) is 0 Å². The van der Waals surface area contributed by atoms with Crippen LogP contribution in [0.3, 0.4) is 0 Å². The lowest BCUT2D eigenvalue weighted by Crippen LogP contribution is -2.39. The fourth-order valence-electron chi connectivity index (χ4n) is 1.12. The van der Waals surface area contributed by atoms with Gasteiger partial charge in [-0.05, 0) is 17.7 Å². The highest BCUT2D eigenvalue weighted by atomic mass is 79.9. The molecule has 0 aromatic heterocycles. The Morgan fingerprint density at radius 3 is 2.28 bits per heavy atom. The minimum absolute atomic E-state index is 0. The fourth-order valence-corrected chi connectivity index (χ4v) is 1.38. The second kappa shape index (κ2) is 8.91. The molecule has 100 valence electrons. The molecule has 0 saturated carbocycles. The predicted molar refractivity (Wildman–Crippen MR) is 75.3 cm³/mol. The minimum Gasteiger partial charge on any atom is -0.350 e. The minimum atomic E-state index is -0.344. The summed E-state index contributed by atoms with van der Waals surface area (Å²) in [4.78, 5) is 22.1. The van der Waals surface area contributed by atoms with Crippen LogP contribution in [0.1, 0.15) is 5.56 Å². The molecule has 4 N–H and O–H groups in total. The third kappa shape index (κ3) is 6.58. The van der Waals surface area contributed by atoms with Crippen molar-refractivity contribution in [3.8, 4) is 0 Å². The van der Waals surface area contributed by atoms with E-state index in [2.05, 4.69) is 26.6 Å². The lowest BCUT2D eigenvalue weighted by Gasteiger charge is -2.06. The standard InChI is InChI=1S/C11H14BrN3O2.ClH/c12-9-3-1-8(2-4-9)6-14-11(17)7-15-10(16)5-13;/h1-4H,5-7,13H2,(H,14,17)(H,15,16);1H. The first-order valence-corrected chi connectivity index (χ1v) is 5.89. The molecule has 2 amide bonds. The highest BCUT2D eigenvalue weighted by molar-refractivity contribution is 9.10. The predicted octanol–water partition coefficient (Wildman–Crippen LogP) is 0.562. The van der Waals surface area contributed by atoms with E-state index < -0.39 is 0 Å². The van der Waals surface area contributed by atoms with Crippen molar-refractivity contribution in [3.63, 3.8) is 0 Å². The second-order valence-electron chi connectivity index (χ2n) is 3.38. The zero-order chi connectivity index (χ0) is 12.7. The molecule has 0 fully saturated rings. The average molecular weight is 337 g/mol. The van der Waals surface area contributed by atoms with E-state index in [4.69, 9.17) is 5.73 Å². The van der Waals surface area contributed by atoms with Crippen molar-refractivity contribution < 1.29 is 9.59 Å². The van der Waals surface area contributed by atoms with Crippen LogP contribution >= 0.6 is 28.3 Å². The summed E-state index contributed by atoms with van der Waals surface area (Å²) in [5, 5.41) is 5.08. The number of rotatable bonds is 5. The van der Waals surface area contributed by atoms with Crippen molar-refractivity contribution in [2.75, 3.05) is 13.1 Å². The monoisotopic (exact) mass is 335 g/mol. The van der Waals surface area contributed by atoms with Gasteiger partial charge >= 0.3 is 0 Å². The van der Waals surface area contributed by atoms with Crippen molar-refractivity contribution in [2.45, 2.75) is 6.54 Å². The number of nitrogens with one attached hydrogen (secondary N) is 2. The zero-order valence-corrected chi connectivity index (χ0v) is 12.0. The molecule has 0 bridgehead atoms. The van der Waals surface area contributed by atoms with Gasteiger partial charge in [-0.15, -0.1) is 12.4 Å². The van der Waals surface area contributed by atoms with Gasteiger partial charge in [0.2, 0.25) is 11.8 Å². The third-order valence-corrected chi connectivity index (χ3v) is 2.56. The number of carbonyl (C=O) groups excluding carboxylic acids is 2. The van der Waals surface area contributed by atoms with Gasteiger partial charge in [0.1, 0.15) is 0 Å². The molecule has 18 heavy (non-hydrogen) atoms. The van der Waals surface area contributed by atoms with Crippen LogP contribution in [0, 0.1) is 0 Å². The quantitative estimate of drug-likeness (QED) is 0.735. The van der Waals surface area contributed by atoms with Crippen LogP contribution in [0.15, 0.2) is 28.7 Å². The normalized spacial score (nSPS) is 9.22. The Balaban J connectivity index is 0.00000289. The van der Waals surface area contributed by atoms with Crippen LogP contribution in [0.25, 0.3) is 0 Å². The Bertz CT molecular complexity index is 398. The summed E-state index contributed by atoms with van der Waals surface area (Å²) in [5.74, 6) is -0.585. The molecule has 1 rings (SSSR count). The molecule has 0 aliphatic heterocycles. The van der Waals surface area contributed by atoms with Gasteiger partial charge in [0, 0.05) is 11.0 Å². The largest absolute Gasteiger partial charge is 0.350 e. The lowest BCUT2D eigenvalue weighted by atomic mass is 10.2. The first-order chi connectivity index (χ1) is 8.11. The molecule has 7 heteroatoms. The van der Waals surface area contributed by atoms with Gasteiger partial charge in [0.15, 0.2) is 0 Å². The maximum atomic E-state index is 11.3. The van der Waals surface area contributed by atoms with E-state index in [-0.39, 0.29) is 37.3 Å². The zero-order valence-electron chi connectivity index (χ0n) is 9.61. The number of halogens is 2. The van der Waals surface area contributed by atoms with Gasteiger partial charge in [0.25, 0.3) is 0 Å². The van der Waals surface area contributed by atoms with Gasteiger partial charge in [-0.1, -0.05) is 28.1 Å². The van der Waals surface area contributed by atoms with Crippen molar-refractivity contribution in [1.29, 1.82) is 0 Å². The molecule has 0 heterocycles. The Hall–Kier alpha value is -1.11. The summed E-state index contributed by atoms with van der Waals surface area (Å²) in [6, 6.07) is 7.61. The Morgan fingerprint density at radius 1 is 1.11 bits per heavy atom. The molecule has 0 unspecified atom stereocenters. The van der Waals surface area contributed by atoms with Crippen LogP contribution in [-0.4, -0.2) is 24.9 Å². The van der Waals surface area contributed by atoms with E-state index in [1.165, 1.54) is 0 Å². The summed E-state index contributed by atoms with van der Waals surface area (Å²) < 4.78 is 0.989. The Kier molecular flexibility index (Phi) is 8.36. The van der Waals surface area contributed by atoms with Gasteiger partial charge in [0.05, 0.1) is 13.1 Å². The summed E-state index contributed by atoms with van der Waals surface area (Å²) in [5.41, 5.74) is 6.08. The molecular formula is C11H15BrClN3O2. The van der Waals surface area contributed by atoms with Crippen LogP contribution in [0.4, 0.5) is 0 Å². The molecule has 1 aromatic carbocycles. The number of hydrogen-bond acceptors (Lipinski definition) is 3. The van der Waals surface area contributed by atoms with Crippen LogP contribution in [0.2, 0.25) is 0 Å². The van der Waals surface area contributed by atoms with Gasteiger partial charge in [-0.3, -0.25) is 9.59 Å². The first-order valence-electron chi connectivity index (χ1n) is 5.09. The van der Waals surface area contributed by atoms with E-state index in [1.54, 1.807) is 0 Å². The van der Waals surface area contributed by atoms with Crippen molar-refractivity contribution in [1.82, 2.24) is 10.6 Å². The fraction of sp³-hybridized carbons (Fsp3) is 0.273. The van der Waals surface area contributed by atoms with Crippen LogP contribution < -0.4 is 16.4 Å². The van der Waals surface area contributed by atoms with Crippen molar-refractivity contribution in [2.24, 2.45) is 5.73 Å². The molecule has 0 saturated heterocycles. The first kappa shape index (κ1) is 16.9. The van der Waals surface area contributed by atoms with Crippen LogP contribution in [-0.2, 0) is 16.1 Å². The van der Waals surface area contributed by atoms with Crippen molar-refractivity contribution >= 4 is 40.2 Å². The van der Waals surface area contributed by atoms with Crippen LogP contribution in [0.5, 0.6) is 0 Å². The SMILES string of the molecule is Cl.NCC(=O)NCC(=O)NCc1ccc(Br)cc1. The maximum Gasteiger partial charge on any atom is 0.239 e. The molecule has 0 atom stereocenters. The topological polar surface area (TPSA) is 84.2 Å². The Labute approximate surface area is 120 Å². The van der Waals surface area contributed by atoms with Gasteiger partial charge in [-0.25, -0.2) is 0 Å². The number of hydrogen-bond donors (Lipinski definition) is 3. The number of benzene rings is 1. The summed E-state index contributed by atoms with van der Waals surface area (Å²) >= 11 is 3.33. The molecule has 1 aromatic rings. The molecule has 0 radical (unpaired) electrons. The average Bonchev–Trinajstić information content (AvgIpc) is 2.35. The number of carbonyl (C=O) groups is 2. The number of amides is 2. The van der Waals surface area contributed by atoms with E-state index in [0.29, 0.717) is 6.54 Å². The smallest absolute Gasteiger partial charge is 0.239 e. The summed E-state index contributed by atoms with van der Waals surface area (Å²) in [7, 11) is 0. The Morgan fingerprint density at radius 2 is 1.72 bits per heavy atom. The maximum absolute atomic E-state index is 11.3. The highest BCUT2D eigenvalue weighted by Crippen LogP contribution is 2.09. The molecule has 0 aliphatic rings. The van der Waals surface area contributed by atoms with E-state index in [1.807, 2.05) is 24.3 Å².